The van der Waals surface area contributed by atoms with Crippen molar-refractivity contribution in [1.29, 1.82) is 5.26 Å². The molecule has 0 aliphatic heterocycles. The predicted octanol–water partition coefficient (Wildman–Crippen LogP) is 1.99. The van der Waals surface area contributed by atoms with Crippen LogP contribution in [0.15, 0.2) is 30.6 Å². The van der Waals surface area contributed by atoms with Gasteiger partial charge in [-0.1, -0.05) is 13.0 Å². The van der Waals surface area contributed by atoms with E-state index in [0.29, 0.717) is 12.2 Å². The molecule has 92 valence electrons. The summed E-state index contributed by atoms with van der Waals surface area (Å²) in [5.41, 5.74) is 1.21. The molecule has 0 aliphatic carbocycles. The van der Waals surface area contributed by atoms with Crippen molar-refractivity contribution in [3.8, 4) is 11.8 Å². The Kier molecular flexibility index (Phi) is 3.70. The third kappa shape index (κ3) is 2.39. The molecular formula is C13H13FN4. The maximum Gasteiger partial charge on any atom is 0.217 e. The Morgan fingerprint density at radius 1 is 1.50 bits per heavy atom. The Hall–Kier alpha value is -2.19. The molecule has 0 bridgehead atoms. The SMILES string of the molecule is CCNCc1ccc(-n2ccnc2C#N)c(F)c1. The minimum atomic E-state index is -0.361. The average molecular weight is 244 g/mol. The van der Waals surface area contributed by atoms with E-state index in [4.69, 9.17) is 5.26 Å². The number of aromatic nitrogens is 2. The van der Waals surface area contributed by atoms with Gasteiger partial charge in [0.25, 0.3) is 0 Å². The van der Waals surface area contributed by atoms with Gasteiger partial charge in [-0.15, -0.1) is 0 Å². The molecule has 0 saturated heterocycles. The number of rotatable bonds is 4. The van der Waals surface area contributed by atoms with Crippen LogP contribution in [0.5, 0.6) is 0 Å². The van der Waals surface area contributed by atoms with Crippen LogP contribution in [0.4, 0.5) is 4.39 Å². The minimum absolute atomic E-state index is 0.174. The zero-order chi connectivity index (χ0) is 13.0. The molecule has 5 heteroatoms. The molecular weight excluding hydrogens is 231 g/mol. The molecule has 0 saturated carbocycles. The van der Waals surface area contributed by atoms with Crippen LogP contribution in [-0.2, 0) is 6.54 Å². The van der Waals surface area contributed by atoms with Crippen molar-refractivity contribution >= 4 is 0 Å². The topological polar surface area (TPSA) is 53.6 Å². The predicted molar refractivity (Wildman–Crippen MR) is 65.6 cm³/mol. The zero-order valence-electron chi connectivity index (χ0n) is 10.0. The Balaban J connectivity index is 2.33. The molecule has 0 atom stereocenters. The molecule has 1 aromatic heterocycles. The normalized spacial score (nSPS) is 10.3. The van der Waals surface area contributed by atoms with E-state index in [1.165, 1.54) is 16.8 Å². The second kappa shape index (κ2) is 5.43. The van der Waals surface area contributed by atoms with Crippen molar-refractivity contribution in [3.63, 3.8) is 0 Å². The van der Waals surface area contributed by atoms with E-state index in [1.807, 2.05) is 19.1 Å². The number of imidazole rings is 1. The molecule has 0 radical (unpaired) electrons. The molecule has 2 aromatic rings. The molecule has 4 nitrogen and oxygen atoms in total. The Bertz CT molecular complexity index is 583. The number of nitrogens with one attached hydrogen (secondary N) is 1. The van der Waals surface area contributed by atoms with Gasteiger partial charge in [-0.25, -0.2) is 9.37 Å². The van der Waals surface area contributed by atoms with Gasteiger partial charge in [-0.2, -0.15) is 5.26 Å². The number of nitriles is 1. The second-order valence-corrected chi connectivity index (χ2v) is 3.80. The van der Waals surface area contributed by atoms with Gasteiger partial charge >= 0.3 is 0 Å². The highest BCUT2D eigenvalue weighted by atomic mass is 19.1. The summed E-state index contributed by atoms with van der Waals surface area (Å²) in [6, 6.07) is 6.89. The largest absolute Gasteiger partial charge is 0.313 e. The van der Waals surface area contributed by atoms with Crippen molar-refractivity contribution in [2.75, 3.05) is 6.54 Å². The minimum Gasteiger partial charge on any atom is -0.313 e. The van der Waals surface area contributed by atoms with Gasteiger partial charge in [-0.05, 0) is 24.2 Å². The highest BCUT2D eigenvalue weighted by Crippen LogP contribution is 2.16. The molecule has 1 N–H and O–H groups in total. The van der Waals surface area contributed by atoms with Crippen LogP contribution in [0.3, 0.4) is 0 Å². The highest BCUT2D eigenvalue weighted by molar-refractivity contribution is 5.39. The van der Waals surface area contributed by atoms with Gasteiger partial charge in [0.2, 0.25) is 5.82 Å². The van der Waals surface area contributed by atoms with Crippen molar-refractivity contribution < 1.29 is 4.39 Å². The third-order valence-electron chi connectivity index (χ3n) is 2.59. The van der Waals surface area contributed by atoms with Crippen LogP contribution in [0.25, 0.3) is 5.69 Å². The molecule has 1 heterocycles. The number of hydrogen-bond acceptors (Lipinski definition) is 3. The van der Waals surface area contributed by atoms with E-state index >= 15 is 0 Å². The van der Waals surface area contributed by atoms with Crippen LogP contribution in [0.1, 0.15) is 18.3 Å². The van der Waals surface area contributed by atoms with E-state index in [-0.39, 0.29) is 11.6 Å². The van der Waals surface area contributed by atoms with E-state index in [2.05, 4.69) is 10.3 Å². The first kappa shape index (κ1) is 12.3. The van der Waals surface area contributed by atoms with E-state index < -0.39 is 0 Å². The Morgan fingerprint density at radius 2 is 2.33 bits per heavy atom. The third-order valence-corrected chi connectivity index (χ3v) is 2.59. The lowest BCUT2D eigenvalue weighted by Gasteiger charge is -2.08. The molecule has 0 aliphatic rings. The fourth-order valence-electron chi connectivity index (χ4n) is 1.71. The van der Waals surface area contributed by atoms with Gasteiger partial charge in [0.1, 0.15) is 11.9 Å². The molecule has 1 aromatic carbocycles. The van der Waals surface area contributed by atoms with Crippen LogP contribution in [-0.4, -0.2) is 16.1 Å². The number of hydrogen-bond donors (Lipinski definition) is 1. The molecule has 2 rings (SSSR count). The summed E-state index contributed by atoms with van der Waals surface area (Å²) in [6.07, 6.45) is 3.05. The van der Waals surface area contributed by atoms with Crippen LogP contribution < -0.4 is 5.32 Å². The summed E-state index contributed by atoms with van der Waals surface area (Å²) in [5, 5.41) is 12.0. The number of halogens is 1. The summed E-state index contributed by atoms with van der Waals surface area (Å²) in [5.74, 6) is -0.187. The quantitative estimate of drug-likeness (QED) is 0.894. The average Bonchev–Trinajstić information content (AvgIpc) is 2.84. The van der Waals surface area contributed by atoms with Crippen molar-refractivity contribution in [1.82, 2.24) is 14.9 Å². The van der Waals surface area contributed by atoms with Gasteiger partial charge < -0.3 is 5.32 Å². The van der Waals surface area contributed by atoms with Crippen LogP contribution in [0, 0.1) is 17.1 Å². The van der Waals surface area contributed by atoms with Crippen LogP contribution >= 0.6 is 0 Å². The monoisotopic (exact) mass is 244 g/mol. The molecule has 0 unspecified atom stereocenters. The zero-order valence-corrected chi connectivity index (χ0v) is 10.0. The lowest BCUT2D eigenvalue weighted by Crippen LogP contribution is -2.12. The van der Waals surface area contributed by atoms with Crippen molar-refractivity contribution in [2.45, 2.75) is 13.5 Å². The number of nitrogens with zero attached hydrogens (tertiary/aromatic N) is 3. The van der Waals surface area contributed by atoms with E-state index in [1.54, 1.807) is 12.3 Å². The lowest BCUT2D eigenvalue weighted by molar-refractivity contribution is 0.612. The summed E-state index contributed by atoms with van der Waals surface area (Å²) in [4.78, 5) is 3.85. The Morgan fingerprint density at radius 3 is 3.00 bits per heavy atom. The second-order valence-electron chi connectivity index (χ2n) is 3.80. The molecule has 18 heavy (non-hydrogen) atoms. The molecule has 0 fully saturated rings. The summed E-state index contributed by atoms with van der Waals surface area (Å²) in [6.45, 7) is 3.46. The fraction of sp³-hybridized carbons (Fsp3) is 0.231. The van der Waals surface area contributed by atoms with Crippen molar-refractivity contribution in [3.05, 3.63) is 47.8 Å². The first-order chi connectivity index (χ1) is 8.76. The lowest BCUT2D eigenvalue weighted by atomic mass is 10.2. The first-order valence-corrected chi connectivity index (χ1v) is 5.69. The summed E-state index contributed by atoms with van der Waals surface area (Å²) >= 11 is 0. The fourth-order valence-corrected chi connectivity index (χ4v) is 1.71. The molecule has 0 spiro atoms. The van der Waals surface area contributed by atoms with Gasteiger partial charge in [0, 0.05) is 18.9 Å². The van der Waals surface area contributed by atoms with E-state index in [0.717, 1.165) is 12.1 Å². The van der Waals surface area contributed by atoms with Crippen molar-refractivity contribution in [2.24, 2.45) is 0 Å². The van der Waals surface area contributed by atoms with E-state index in [9.17, 15) is 4.39 Å². The number of benzene rings is 1. The van der Waals surface area contributed by atoms with Gasteiger partial charge in [0.15, 0.2) is 0 Å². The first-order valence-electron chi connectivity index (χ1n) is 5.69. The standard InChI is InChI=1S/C13H13FN4/c1-2-16-9-10-3-4-12(11(14)7-10)18-6-5-17-13(18)8-15/h3-7,16H,2,9H2,1H3. The van der Waals surface area contributed by atoms with Gasteiger partial charge in [-0.3, -0.25) is 4.57 Å². The maximum absolute atomic E-state index is 14.0. The van der Waals surface area contributed by atoms with Crippen LogP contribution in [0.2, 0.25) is 0 Å². The van der Waals surface area contributed by atoms with Gasteiger partial charge in [0.05, 0.1) is 5.69 Å². The molecule has 0 amide bonds. The Labute approximate surface area is 105 Å². The highest BCUT2D eigenvalue weighted by Gasteiger charge is 2.09. The summed E-state index contributed by atoms with van der Waals surface area (Å²) < 4.78 is 15.4. The summed E-state index contributed by atoms with van der Waals surface area (Å²) in [7, 11) is 0. The smallest absolute Gasteiger partial charge is 0.217 e. The maximum atomic E-state index is 14.0.